The molecule has 1 amide bonds. The number of carboxylic acid groups (broad SMARTS) is 1. The number of aromatic nitrogens is 2. The fraction of sp³-hybridized carbons (Fsp3) is 0.500. The van der Waals surface area contributed by atoms with Gasteiger partial charge in [0.25, 0.3) is 11.5 Å². The summed E-state index contributed by atoms with van der Waals surface area (Å²) in [6.45, 7) is 4.42. The molecule has 1 heterocycles. The van der Waals surface area contributed by atoms with Crippen LogP contribution in [0.25, 0.3) is 0 Å². The number of amides is 1. The van der Waals surface area contributed by atoms with Crippen LogP contribution in [0.3, 0.4) is 0 Å². The van der Waals surface area contributed by atoms with Gasteiger partial charge in [-0.25, -0.2) is 9.48 Å². The fourth-order valence-corrected chi connectivity index (χ4v) is 1.72. The van der Waals surface area contributed by atoms with E-state index in [1.807, 2.05) is 0 Å². The van der Waals surface area contributed by atoms with Crippen LogP contribution >= 0.6 is 0 Å². The summed E-state index contributed by atoms with van der Waals surface area (Å²) >= 11 is 0. The molecule has 8 heteroatoms. The minimum absolute atomic E-state index is 0.174. The van der Waals surface area contributed by atoms with Crippen molar-refractivity contribution in [2.24, 2.45) is 7.05 Å². The highest BCUT2D eigenvalue weighted by Gasteiger charge is 2.27. The van der Waals surface area contributed by atoms with Crippen LogP contribution in [0.2, 0.25) is 0 Å². The lowest BCUT2D eigenvalue weighted by Crippen LogP contribution is -2.49. The lowest BCUT2D eigenvalue weighted by Gasteiger charge is -2.18. The van der Waals surface area contributed by atoms with E-state index in [-0.39, 0.29) is 5.56 Å². The molecule has 1 aromatic rings. The first-order valence-corrected chi connectivity index (χ1v) is 5.93. The van der Waals surface area contributed by atoms with E-state index in [1.54, 1.807) is 13.8 Å². The maximum atomic E-state index is 12.1. The van der Waals surface area contributed by atoms with Gasteiger partial charge in [0.15, 0.2) is 6.04 Å². The highest BCUT2D eigenvalue weighted by Crippen LogP contribution is 2.06. The standard InChI is InChI=1S/C12H17N3O5/c1-5-6(2)14-15(4)11(18)8(5)10(17)13-9(7(3)16)12(19)20/h7,9,16H,1-4H3,(H,13,17)(H,19,20). The first-order chi connectivity index (χ1) is 9.16. The number of aryl methyl sites for hydroxylation is 2. The zero-order valence-corrected chi connectivity index (χ0v) is 11.7. The van der Waals surface area contributed by atoms with Gasteiger partial charge in [0.1, 0.15) is 5.56 Å². The molecule has 0 radical (unpaired) electrons. The van der Waals surface area contributed by atoms with Crippen LogP contribution in [-0.4, -0.2) is 44.0 Å². The summed E-state index contributed by atoms with van der Waals surface area (Å²) in [7, 11) is 1.40. The Bertz CT molecular complexity index is 606. The van der Waals surface area contributed by atoms with E-state index in [4.69, 9.17) is 5.11 Å². The maximum absolute atomic E-state index is 12.1. The lowest BCUT2D eigenvalue weighted by molar-refractivity contribution is -0.141. The third-order valence-corrected chi connectivity index (χ3v) is 2.99. The summed E-state index contributed by atoms with van der Waals surface area (Å²) in [6, 6.07) is -1.49. The van der Waals surface area contributed by atoms with Gasteiger partial charge in [0.2, 0.25) is 0 Å². The molecular weight excluding hydrogens is 266 g/mol. The number of aliphatic hydroxyl groups excluding tert-OH is 1. The van der Waals surface area contributed by atoms with Gasteiger partial charge < -0.3 is 15.5 Å². The Balaban J connectivity index is 3.23. The second-order valence-corrected chi connectivity index (χ2v) is 4.54. The predicted octanol–water partition coefficient (Wildman–Crippen LogP) is -1.04. The number of nitrogens with one attached hydrogen (secondary N) is 1. The largest absolute Gasteiger partial charge is 0.480 e. The van der Waals surface area contributed by atoms with E-state index in [1.165, 1.54) is 14.0 Å². The average molecular weight is 283 g/mol. The zero-order valence-electron chi connectivity index (χ0n) is 11.7. The second-order valence-electron chi connectivity index (χ2n) is 4.54. The Labute approximate surface area is 115 Å². The van der Waals surface area contributed by atoms with Gasteiger partial charge in [-0.15, -0.1) is 0 Å². The number of rotatable bonds is 4. The molecule has 20 heavy (non-hydrogen) atoms. The van der Waals surface area contributed by atoms with E-state index in [9.17, 15) is 19.5 Å². The van der Waals surface area contributed by atoms with Crippen LogP contribution in [0.4, 0.5) is 0 Å². The Morgan fingerprint density at radius 3 is 2.35 bits per heavy atom. The van der Waals surface area contributed by atoms with Crippen molar-refractivity contribution in [1.29, 1.82) is 0 Å². The van der Waals surface area contributed by atoms with Crippen LogP contribution in [0.1, 0.15) is 28.5 Å². The summed E-state index contributed by atoms with van der Waals surface area (Å²) in [5.41, 5.74) is 0.0636. The van der Waals surface area contributed by atoms with Crippen LogP contribution in [0.5, 0.6) is 0 Å². The van der Waals surface area contributed by atoms with Crippen molar-refractivity contribution in [2.75, 3.05) is 0 Å². The number of hydrogen-bond donors (Lipinski definition) is 3. The molecule has 8 nitrogen and oxygen atoms in total. The number of carbonyl (C=O) groups is 2. The molecule has 3 N–H and O–H groups in total. The monoisotopic (exact) mass is 283 g/mol. The zero-order chi connectivity index (χ0) is 15.6. The molecule has 0 aromatic carbocycles. The van der Waals surface area contributed by atoms with E-state index >= 15 is 0 Å². The smallest absolute Gasteiger partial charge is 0.328 e. The summed E-state index contributed by atoms with van der Waals surface area (Å²) in [5.74, 6) is -2.23. The number of carbonyl (C=O) groups excluding carboxylic acids is 1. The highest BCUT2D eigenvalue weighted by molar-refractivity contribution is 5.97. The molecule has 1 aromatic heterocycles. The summed E-state index contributed by atoms with van der Waals surface area (Å²) < 4.78 is 1.01. The van der Waals surface area contributed by atoms with Gasteiger partial charge in [-0.2, -0.15) is 5.10 Å². The normalized spacial score (nSPS) is 13.7. The molecule has 2 unspecified atom stereocenters. The molecule has 2 atom stereocenters. The molecular formula is C12H17N3O5. The number of aliphatic hydroxyl groups is 1. The van der Waals surface area contributed by atoms with Crippen LogP contribution in [-0.2, 0) is 11.8 Å². The molecule has 1 rings (SSSR count). The Morgan fingerprint density at radius 2 is 1.90 bits per heavy atom. The number of carboxylic acids is 1. The van der Waals surface area contributed by atoms with Gasteiger partial charge in [-0.3, -0.25) is 9.59 Å². The van der Waals surface area contributed by atoms with Crippen molar-refractivity contribution in [3.05, 3.63) is 27.2 Å². The molecule has 0 fully saturated rings. The SMILES string of the molecule is Cc1nn(C)c(=O)c(C(=O)NC(C(=O)O)C(C)O)c1C. The first kappa shape index (κ1) is 15.8. The third-order valence-electron chi connectivity index (χ3n) is 2.99. The molecule has 0 bridgehead atoms. The molecule has 0 aliphatic carbocycles. The summed E-state index contributed by atoms with van der Waals surface area (Å²) in [6.07, 6.45) is -1.29. The third kappa shape index (κ3) is 3.02. The van der Waals surface area contributed by atoms with Crippen molar-refractivity contribution in [1.82, 2.24) is 15.1 Å². The van der Waals surface area contributed by atoms with Crippen molar-refractivity contribution in [2.45, 2.75) is 32.9 Å². The van der Waals surface area contributed by atoms with Gasteiger partial charge >= 0.3 is 5.97 Å². The predicted molar refractivity (Wildman–Crippen MR) is 69.5 cm³/mol. The minimum atomic E-state index is -1.49. The maximum Gasteiger partial charge on any atom is 0.328 e. The Hall–Kier alpha value is -2.22. The molecule has 0 spiro atoms. The van der Waals surface area contributed by atoms with Gasteiger partial charge in [0.05, 0.1) is 11.8 Å². The Morgan fingerprint density at radius 1 is 1.35 bits per heavy atom. The van der Waals surface area contributed by atoms with E-state index in [0.717, 1.165) is 4.68 Å². The van der Waals surface area contributed by atoms with Gasteiger partial charge in [-0.1, -0.05) is 0 Å². The number of hydrogen-bond acceptors (Lipinski definition) is 5. The lowest BCUT2D eigenvalue weighted by atomic mass is 10.1. The molecule has 110 valence electrons. The van der Waals surface area contributed by atoms with E-state index in [0.29, 0.717) is 11.3 Å². The first-order valence-electron chi connectivity index (χ1n) is 5.93. The van der Waals surface area contributed by atoms with Crippen LogP contribution in [0.15, 0.2) is 4.79 Å². The van der Waals surface area contributed by atoms with Gasteiger partial charge in [-0.05, 0) is 26.3 Å². The molecule has 0 saturated heterocycles. The van der Waals surface area contributed by atoms with Crippen molar-refractivity contribution < 1.29 is 19.8 Å². The molecule has 0 aliphatic rings. The van der Waals surface area contributed by atoms with Gasteiger partial charge in [0, 0.05) is 7.05 Å². The molecule has 0 saturated carbocycles. The van der Waals surface area contributed by atoms with Crippen LogP contribution < -0.4 is 10.9 Å². The quantitative estimate of drug-likeness (QED) is 0.649. The van der Waals surface area contributed by atoms with Crippen molar-refractivity contribution in [3.8, 4) is 0 Å². The van der Waals surface area contributed by atoms with Crippen LogP contribution in [0, 0.1) is 13.8 Å². The number of aliphatic carboxylic acids is 1. The van der Waals surface area contributed by atoms with Crippen molar-refractivity contribution in [3.63, 3.8) is 0 Å². The molecule has 0 aliphatic heterocycles. The average Bonchev–Trinajstić information content (AvgIpc) is 2.33. The van der Waals surface area contributed by atoms with Crippen molar-refractivity contribution >= 4 is 11.9 Å². The van der Waals surface area contributed by atoms with E-state index < -0.39 is 29.6 Å². The van der Waals surface area contributed by atoms with E-state index in [2.05, 4.69) is 10.4 Å². The minimum Gasteiger partial charge on any atom is -0.480 e. The highest BCUT2D eigenvalue weighted by atomic mass is 16.4. The summed E-state index contributed by atoms with van der Waals surface area (Å²) in [5, 5.41) is 24.3. The number of nitrogens with zero attached hydrogens (tertiary/aromatic N) is 2. The Kier molecular flexibility index (Phi) is 4.61. The topological polar surface area (TPSA) is 122 Å². The summed E-state index contributed by atoms with van der Waals surface area (Å²) in [4.78, 5) is 35.0. The fourth-order valence-electron chi connectivity index (χ4n) is 1.72. The second kappa shape index (κ2) is 5.83.